The second kappa shape index (κ2) is 7.81. The molecule has 14 heteroatoms. The summed E-state index contributed by atoms with van der Waals surface area (Å²) in [6.45, 7) is 6.82. The summed E-state index contributed by atoms with van der Waals surface area (Å²) in [5.41, 5.74) is 0. The van der Waals surface area contributed by atoms with E-state index in [9.17, 15) is 39.0 Å². The first-order valence-corrected chi connectivity index (χ1v) is 12.0. The number of carbonyl (C=O) groups is 6. The van der Waals surface area contributed by atoms with Gasteiger partial charge in [-0.15, -0.1) is 23.5 Å². The quantitative estimate of drug-likeness (QED) is 0.251. The van der Waals surface area contributed by atoms with Crippen LogP contribution < -0.4 is 10.6 Å². The number of carbonyl (C=O) groups excluding carboxylic acids is 4. The van der Waals surface area contributed by atoms with Crippen molar-refractivity contribution in [2.75, 3.05) is 0 Å². The number of β-lactam (4-membered cyclic amide) rings is 2. The molecule has 0 bridgehead atoms. The van der Waals surface area contributed by atoms with E-state index in [0.29, 0.717) is 0 Å². The molecule has 0 aliphatic carbocycles. The average molecular weight is 511 g/mol. The molecule has 6 atom stereocenters. The molecule has 4 N–H and O–H groups in total. The van der Waals surface area contributed by atoms with Crippen molar-refractivity contribution in [2.24, 2.45) is 0 Å². The molecule has 0 aromatic rings. The van der Waals surface area contributed by atoms with E-state index in [1.54, 1.807) is 27.7 Å². The van der Waals surface area contributed by atoms with Crippen LogP contribution in [0.1, 0.15) is 27.7 Å². The molecule has 182 valence electrons. The molecule has 4 rings (SSSR count). The second-order valence-corrected chi connectivity index (χ2v) is 12.9. The average Bonchev–Trinajstić information content (AvgIpc) is 3.13. The van der Waals surface area contributed by atoms with Gasteiger partial charge in [-0.2, -0.15) is 0 Å². The number of carboxylic acid groups (broad SMARTS) is 2. The minimum absolute atomic E-state index is 0.538. The van der Waals surface area contributed by atoms with Crippen LogP contribution in [0, 0.1) is 11.8 Å². The van der Waals surface area contributed by atoms with E-state index in [1.807, 2.05) is 0 Å². The predicted octanol–water partition coefficient (Wildman–Crippen LogP) is -1.75. The molecule has 12 nitrogen and oxygen atoms in total. The maximum atomic E-state index is 12.4. The Hall–Kier alpha value is -2.92. The van der Waals surface area contributed by atoms with Gasteiger partial charge in [0.15, 0.2) is 0 Å². The number of rotatable bonds is 4. The summed E-state index contributed by atoms with van der Waals surface area (Å²) in [6.07, 6.45) is 0. The van der Waals surface area contributed by atoms with E-state index in [1.165, 1.54) is 33.3 Å². The van der Waals surface area contributed by atoms with Crippen LogP contribution in [-0.4, -0.2) is 100.0 Å². The van der Waals surface area contributed by atoms with E-state index >= 15 is 0 Å². The monoisotopic (exact) mass is 510 g/mol. The number of amides is 4. The molecule has 4 aliphatic rings. The summed E-state index contributed by atoms with van der Waals surface area (Å²) in [5, 5.41) is 22.6. The topological polar surface area (TPSA) is 173 Å². The van der Waals surface area contributed by atoms with E-state index in [2.05, 4.69) is 22.5 Å². The largest absolute Gasteiger partial charge is 0.480 e. The molecular formula is C20H22N4O8S2. The van der Waals surface area contributed by atoms with E-state index < -0.39 is 80.0 Å². The van der Waals surface area contributed by atoms with Crippen LogP contribution in [0.25, 0.3) is 0 Å². The predicted molar refractivity (Wildman–Crippen MR) is 119 cm³/mol. The Morgan fingerprint density at radius 2 is 1.09 bits per heavy atom. The highest BCUT2D eigenvalue weighted by atomic mass is 32.2. The first-order chi connectivity index (χ1) is 15.7. The molecule has 4 heterocycles. The molecule has 0 radical (unpaired) electrons. The lowest BCUT2D eigenvalue weighted by Gasteiger charge is -2.43. The third-order valence-corrected chi connectivity index (χ3v) is 9.36. The molecule has 0 saturated carbocycles. The summed E-state index contributed by atoms with van der Waals surface area (Å²) in [6, 6.07) is -3.94. The summed E-state index contributed by atoms with van der Waals surface area (Å²) in [4.78, 5) is 74.7. The minimum atomic E-state index is -1.13. The van der Waals surface area contributed by atoms with E-state index in [0.717, 1.165) is 0 Å². The Morgan fingerprint density at radius 3 is 1.38 bits per heavy atom. The third kappa shape index (κ3) is 3.58. The zero-order valence-corrected chi connectivity index (χ0v) is 20.2. The van der Waals surface area contributed by atoms with Gasteiger partial charge in [-0.25, -0.2) is 9.59 Å². The highest BCUT2D eigenvalue weighted by Gasteiger charge is 2.65. The highest BCUT2D eigenvalue weighted by Crippen LogP contribution is 2.51. The zero-order valence-electron chi connectivity index (χ0n) is 18.5. The molecular weight excluding hydrogens is 488 g/mol. The molecule has 0 unspecified atom stereocenters. The Labute approximate surface area is 202 Å². The first-order valence-electron chi connectivity index (χ1n) is 10.3. The Balaban J connectivity index is 1.34. The lowest BCUT2D eigenvalue weighted by atomic mass is 9.96. The molecule has 0 aromatic heterocycles. The van der Waals surface area contributed by atoms with Crippen molar-refractivity contribution < 1.29 is 39.0 Å². The number of thioether (sulfide) groups is 2. The molecule has 4 amide bonds. The van der Waals surface area contributed by atoms with E-state index in [4.69, 9.17) is 0 Å². The molecule has 0 spiro atoms. The van der Waals surface area contributed by atoms with Gasteiger partial charge in [0.05, 0.1) is 0 Å². The number of hydrogen-bond donors (Lipinski definition) is 4. The summed E-state index contributed by atoms with van der Waals surface area (Å²) in [5.74, 6) is -0.972. The number of aliphatic carboxylic acids is 2. The number of nitrogens with zero attached hydrogens (tertiary/aromatic N) is 2. The highest BCUT2D eigenvalue weighted by molar-refractivity contribution is 8.02. The van der Waals surface area contributed by atoms with Crippen molar-refractivity contribution >= 4 is 59.1 Å². The van der Waals surface area contributed by atoms with Gasteiger partial charge in [0.25, 0.3) is 11.8 Å². The summed E-state index contributed by atoms with van der Waals surface area (Å²) < 4.78 is -1.49. The molecule has 4 aliphatic heterocycles. The van der Waals surface area contributed by atoms with Gasteiger partial charge in [0, 0.05) is 21.3 Å². The van der Waals surface area contributed by atoms with Crippen LogP contribution in [0.15, 0.2) is 0 Å². The van der Waals surface area contributed by atoms with Crippen molar-refractivity contribution in [2.45, 2.75) is 72.1 Å². The third-order valence-electron chi connectivity index (χ3n) is 6.21. The fraction of sp³-hybridized carbons (Fsp3) is 0.600. The molecule has 0 aromatic carbocycles. The fourth-order valence-electron chi connectivity index (χ4n) is 4.76. The van der Waals surface area contributed by atoms with Crippen LogP contribution in [-0.2, 0) is 28.8 Å². The molecule has 34 heavy (non-hydrogen) atoms. The van der Waals surface area contributed by atoms with Gasteiger partial charge in [-0.05, 0) is 27.7 Å². The van der Waals surface area contributed by atoms with E-state index in [-0.39, 0.29) is 0 Å². The normalized spacial score (nSPS) is 34.0. The van der Waals surface area contributed by atoms with Crippen LogP contribution in [0.4, 0.5) is 0 Å². The smallest absolute Gasteiger partial charge is 0.327 e. The van der Waals surface area contributed by atoms with Crippen LogP contribution in [0.3, 0.4) is 0 Å². The Morgan fingerprint density at radius 1 is 0.765 bits per heavy atom. The van der Waals surface area contributed by atoms with Crippen LogP contribution in [0.5, 0.6) is 0 Å². The van der Waals surface area contributed by atoms with Gasteiger partial charge in [0.1, 0.15) is 34.9 Å². The SMILES string of the molecule is CC1(C)S[C@@H]2[C@H](NC(=O)C#CC(=O)N[C@@H]3C(=O)N4[C@@H]3SC(C)(C)[C@@H]4C(=O)O)C(=O)N2[C@H]1C(=O)O. The van der Waals surface area contributed by atoms with Crippen LogP contribution >= 0.6 is 23.5 Å². The molecule has 4 fully saturated rings. The van der Waals surface area contributed by atoms with Gasteiger partial charge in [0.2, 0.25) is 11.8 Å². The van der Waals surface area contributed by atoms with Gasteiger partial charge in [-0.1, -0.05) is 0 Å². The van der Waals surface area contributed by atoms with Gasteiger partial charge in [-0.3, -0.25) is 19.2 Å². The second-order valence-electron chi connectivity index (χ2n) is 9.35. The number of nitrogens with one attached hydrogen (secondary N) is 2. The lowest BCUT2D eigenvalue weighted by Crippen LogP contribution is -2.70. The maximum Gasteiger partial charge on any atom is 0.327 e. The van der Waals surface area contributed by atoms with Crippen molar-refractivity contribution in [3.05, 3.63) is 0 Å². The van der Waals surface area contributed by atoms with Crippen LogP contribution in [0.2, 0.25) is 0 Å². The molecule has 4 saturated heterocycles. The maximum absolute atomic E-state index is 12.4. The van der Waals surface area contributed by atoms with Crippen molar-refractivity contribution in [3.63, 3.8) is 0 Å². The van der Waals surface area contributed by atoms with Crippen molar-refractivity contribution in [1.82, 2.24) is 20.4 Å². The summed E-state index contributed by atoms with van der Waals surface area (Å²) >= 11 is 2.52. The first kappa shape index (κ1) is 24.2. The lowest BCUT2D eigenvalue weighted by molar-refractivity contribution is -0.160. The summed E-state index contributed by atoms with van der Waals surface area (Å²) in [7, 11) is 0. The minimum Gasteiger partial charge on any atom is -0.480 e. The number of carboxylic acids is 2. The Bertz CT molecular complexity index is 1010. The number of hydrogen-bond acceptors (Lipinski definition) is 8. The fourth-order valence-corrected chi connectivity index (χ4v) is 8.01. The Kier molecular flexibility index (Phi) is 5.56. The van der Waals surface area contributed by atoms with Gasteiger partial charge < -0.3 is 30.6 Å². The van der Waals surface area contributed by atoms with Crippen molar-refractivity contribution in [1.29, 1.82) is 0 Å². The van der Waals surface area contributed by atoms with Crippen molar-refractivity contribution in [3.8, 4) is 11.8 Å². The zero-order chi connectivity index (χ0) is 25.3. The number of fused-ring (bicyclic) bond motifs is 2. The standard InChI is InChI=1S/C20H22N4O8S2/c1-19(2)11(17(29)30)23-13(27)9(15(23)33-19)21-7(25)5-6-8(26)22-10-14(28)24-12(18(31)32)20(3,4)34-16(10)24/h9-12,15-16H,1-4H3,(H,21,25)(H,22,26)(H,29,30)(H,31,32)/t9-,10-,11+,12+,15-,16-/m1/s1. The van der Waals surface area contributed by atoms with Gasteiger partial charge >= 0.3 is 11.9 Å².